The first kappa shape index (κ1) is 12.3. The number of halogens is 1. The molecular formula is C13H16BrN3. The third kappa shape index (κ3) is 2.42. The summed E-state index contributed by atoms with van der Waals surface area (Å²) in [6, 6.07) is 8.38. The lowest BCUT2D eigenvalue weighted by atomic mass is 10.1. The third-order valence-corrected chi connectivity index (χ3v) is 3.64. The van der Waals surface area contributed by atoms with E-state index < -0.39 is 0 Å². The van der Waals surface area contributed by atoms with Crippen LogP contribution in [0.15, 0.2) is 28.7 Å². The van der Waals surface area contributed by atoms with Crippen molar-refractivity contribution in [1.29, 1.82) is 0 Å². The Balaban J connectivity index is 2.46. The number of rotatable bonds is 3. The van der Waals surface area contributed by atoms with Gasteiger partial charge in [0.05, 0.1) is 10.2 Å². The molecule has 0 atom stereocenters. The zero-order valence-electron chi connectivity index (χ0n) is 10.1. The van der Waals surface area contributed by atoms with Gasteiger partial charge in [-0.15, -0.1) is 0 Å². The minimum Gasteiger partial charge on any atom is -0.330 e. The molecule has 0 bridgehead atoms. The number of hydrogen-bond acceptors (Lipinski definition) is 2. The van der Waals surface area contributed by atoms with E-state index in [4.69, 9.17) is 5.73 Å². The topological polar surface area (TPSA) is 43.8 Å². The molecule has 0 fully saturated rings. The van der Waals surface area contributed by atoms with Crippen molar-refractivity contribution in [3.05, 3.63) is 40.0 Å². The predicted molar refractivity (Wildman–Crippen MR) is 73.8 cm³/mol. The van der Waals surface area contributed by atoms with Gasteiger partial charge < -0.3 is 5.73 Å². The van der Waals surface area contributed by atoms with Crippen LogP contribution in [0, 0.1) is 6.92 Å². The van der Waals surface area contributed by atoms with Crippen LogP contribution in [0.5, 0.6) is 0 Å². The number of nitrogens with two attached hydrogens (primary N) is 1. The molecule has 90 valence electrons. The fourth-order valence-corrected chi connectivity index (χ4v) is 2.60. The summed E-state index contributed by atoms with van der Waals surface area (Å²) in [5.74, 6) is 0. The minimum atomic E-state index is 0.630. The first-order valence-corrected chi connectivity index (χ1v) is 6.41. The van der Waals surface area contributed by atoms with E-state index in [1.165, 1.54) is 5.56 Å². The maximum Gasteiger partial charge on any atom is 0.107 e. The van der Waals surface area contributed by atoms with Gasteiger partial charge in [0.2, 0.25) is 0 Å². The van der Waals surface area contributed by atoms with Crippen LogP contribution in [0.4, 0.5) is 0 Å². The molecule has 0 unspecified atom stereocenters. The van der Waals surface area contributed by atoms with Crippen molar-refractivity contribution in [1.82, 2.24) is 9.78 Å². The Hall–Kier alpha value is -1.13. The van der Waals surface area contributed by atoms with Gasteiger partial charge in [-0.2, -0.15) is 5.10 Å². The molecule has 0 spiro atoms. The smallest absolute Gasteiger partial charge is 0.107 e. The van der Waals surface area contributed by atoms with E-state index in [2.05, 4.69) is 52.2 Å². The monoisotopic (exact) mass is 293 g/mol. The Bertz CT molecular complexity index is 514. The molecule has 2 aromatic rings. The molecule has 1 aromatic carbocycles. The average molecular weight is 294 g/mol. The predicted octanol–water partition coefficient (Wildman–Crippen LogP) is 2.66. The molecule has 1 aromatic heterocycles. The first-order valence-electron chi connectivity index (χ1n) is 5.62. The van der Waals surface area contributed by atoms with E-state index in [1.807, 2.05) is 11.7 Å². The first-order chi connectivity index (χ1) is 8.13. The second-order valence-corrected chi connectivity index (χ2v) is 4.93. The molecule has 0 amide bonds. The van der Waals surface area contributed by atoms with Crippen LogP contribution in [-0.2, 0) is 13.5 Å². The maximum absolute atomic E-state index is 5.60. The molecule has 0 saturated heterocycles. The van der Waals surface area contributed by atoms with E-state index in [-0.39, 0.29) is 0 Å². The fraction of sp³-hybridized carbons (Fsp3) is 0.308. The van der Waals surface area contributed by atoms with E-state index in [1.54, 1.807) is 0 Å². The minimum absolute atomic E-state index is 0.630. The highest BCUT2D eigenvalue weighted by Gasteiger charge is 2.14. The molecule has 0 radical (unpaired) electrons. The largest absolute Gasteiger partial charge is 0.330 e. The molecule has 2 N–H and O–H groups in total. The van der Waals surface area contributed by atoms with E-state index in [9.17, 15) is 0 Å². The normalized spacial score (nSPS) is 10.8. The Labute approximate surface area is 110 Å². The Kier molecular flexibility index (Phi) is 3.64. The zero-order valence-corrected chi connectivity index (χ0v) is 11.7. The summed E-state index contributed by atoms with van der Waals surface area (Å²) in [6.45, 7) is 2.71. The van der Waals surface area contributed by atoms with Crippen LogP contribution >= 0.6 is 15.9 Å². The van der Waals surface area contributed by atoms with Crippen molar-refractivity contribution >= 4 is 15.9 Å². The van der Waals surface area contributed by atoms with E-state index in [0.29, 0.717) is 6.54 Å². The Morgan fingerprint density at radius 2 is 1.94 bits per heavy atom. The van der Waals surface area contributed by atoms with Crippen LogP contribution in [0.3, 0.4) is 0 Å². The van der Waals surface area contributed by atoms with Gasteiger partial charge in [-0.25, -0.2) is 0 Å². The van der Waals surface area contributed by atoms with E-state index >= 15 is 0 Å². The maximum atomic E-state index is 5.60. The number of aryl methyl sites for hydroxylation is 2. The average Bonchev–Trinajstić information content (AvgIpc) is 2.59. The summed E-state index contributed by atoms with van der Waals surface area (Å²) in [6.07, 6.45) is 0.829. The summed E-state index contributed by atoms with van der Waals surface area (Å²) >= 11 is 3.62. The summed E-state index contributed by atoms with van der Waals surface area (Å²) in [5.41, 5.74) is 10.1. The van der Waals surface area contributed by atoms with E-state index in [0.717, 1.165) is 27.8 Å². The van der Waals surface area contributed by atoms with Gasteiger partial charge in [-0.05, 0) is 29.4 Å². The molecule has 3 nitrogen and oxygen atoms in total. The zero-order chi connectivity index (χ0) is 12.4. The van der Waals surface area contributed by atoms with Crippen LogP contribution in [-0.4, -0.2) is 16.3 Å². The second-order valence-electron chi connectivity index (χ2n) is 4.14. The molecule has 0 aliphatic rings. The number of hydrogen-bond donors (Lipinski definition) is 1. The molecule has 2 rings (SSSR count). The van der Waals surface area contributed by atoms with Gasteiger partial charge >= 0.3 is 0 Å². The lowest BCUT2D eigenvalue weighted by Gasteiger charge is -1.99. The van der Waals surface area contributed by atoms with Crippen molar-refractivity contribution in [2.24, 2.45) is 12.8 Å². The highest BCUT2D eigenvalue weighted by atomic mass is 79.9. The van der Waals surface area contributed by atoms with Gasteiger partial charge in [0.15, 0.2) is 0 Å². The lowest BCUT2D eigenvalue weighted by Crippen LogP contribution is -2.07. The van der Waals surface area contributed by atoms with Gasteiger partial charge in [0, 0.05) is 19.0 Å². The number of benzene rings is 1. The van der Waals surface area contributed by atoms with Gasteiger partial charge in [-0.1, -0.05) is 29.8 Å². The molecule has 4 heteroatoms. The van der Waals surface area contributed by atoms with Gasteiger partial charge in [0.1, 0.15) is 5.69 Å². The quantitative estimate of drug-likeness (QED) is 0.945. The van der Waals surface area contributed by atoms with Crippen molar-refractivity contribution in [2.45, 2.75) is 13.3 Å². The molecule has 0 saturated carbocycles. The fourth-order valence-electron chi connectivity index (χ4n) is 1.84. The highest BCUT2D eigenvalue weighted by Crippen LogP contribution is 2.30. The van der Waals surface area contributed by atoms with Gasteiger partial charge in [-0.3, -0.25) is 4.68 Å². The molecule has 0 aliphatic heterocycles. The highest BCUT2D eigenvalue weighted by molar-refractivity contribution is 9.10. The van der Waals surface area contributed by atoms with Crippen molar-refractivity contribution in [3.8, 4) is 11.3 Å². The Morgan fingerprint density at radius 1 is 1.29 bits per heavy atom. The van der Waals surface area contributed by atoms with Gasteiger partial charge in [0.25, 0.3) is 0 Å². The second kappa shape index (κ2) is 5.02. The molecule has 0 aliphatic carbocycles. The van der Waals surface area contributed by atoms with Crippen LogP contribution < -0.4 is 5.73 Å². The van der Waals surface area contributed by atoms with Crippen molar-refractivity contribution in [3.63, 3.8) is 0 Å². The molecular weight excluding hydrogens is 278 g/mol. The third-order valence-electron chi connectivity index (χ3n) is 2.81. The Morgan fingerprint density at radius 3 is 2.53 bits per heavy atom. The molecule has 1 heterocycles. The van der Waals surface area contributed by atoms with Crippen molar-refractivity contribution in [2.75, 3.05) is 6.54 Å². The SMILES string of the molecule is Cc1ccc(-c2nn(C)c(CCN)c2Br)cc1. The number of nitrogens with zero attached hydrogens (tertiary/aromatic N) is 2. The summed E-state index contributed by atoms with van der Waals surface area (Å²) < 4.78 is 2.95. The standard InChI is InChI=1S/C13H16BrN3/c1-9-3-5-10(6-4-9)13-12(14)11(7-8-15)17(2)16-13/h3-6H,7-8,15H2,1-2H3. The summed E-state index contributed by atoms with van der Waals surface area (Å²) in [7, 11) is 1.95. The van der Waals surface area contributed by atoms with Crippen LogP contribution in [0.1, 0.15) is 11.3 Å². The van der Waals surface area contributed by atoms with Crippen molar-refractivity contribution < 1.29 is 0 Å². The molecule has 17 heavy (non-hydrogen) atoms. The van der Waals surface area contributed by atoms with Crippen LogP contribution in [0.25, 0.3) is 11.3 Å². The summed E-state index contributed by atoms with van der Waals surface area (Å²) in [4.78, 5) is 0. The van der Waals surface area contributed by atoms with Crippen LogP contribution in [0.2, 0.25) is 0 Å². The lowest BCUT2D eigenvalue weighted by molar-refractivity contribution is 0.707. The number of aromatic nitrogens is 2. The summed E-state index contributed by atoms with van der Waals surface area (Å²) in [5, 5.41) is 4.54.